The molecule has 2 aliphatic heterocycles. The first-order valence-corrected chi connectivity index (χ1v) is 10.4. The van der Waals surface area contributed by atoms with E-state index in [1.807, 2.05) is 47.4 Å². The Bertz CT molecular complexity index is 823. The van der Waals surface area contributed by atoms with Gasteiger partial charge in [0.15, 0.2) is 0 Å². The van der Waals surface area contributed by atoms with Crippen molar-refractivity contribution in [3.8, 4) is 11.1 Å². The van der Waals surface area contributed by atoms with Crippen LogP contribution in [0.3, 0.4) is 0 Å². The number of amides is 2. The molecule has 0 spiro atoms. The molecule has 4 heteroatoms. The van der Waals surface area contributed by atoms with Crippen molar-refractivity contribution in [2.45, 2.75) is 38.6 Å². The Morgan fingerprint density at radius 1 is 0.821 bits per heavy atom. The summed E-state index contributed by atoms with van der Waals surface area (Å²) in [6.45, 7) is 4.56. The zero-order valence-electron chi connectivity index (χ0n) is 16.5. The number of nitrogens with zero attached hydrogens (tertiary/aromatic N) is 2. The summed E-state index contributed by atoms with van der Waals surface area (Å²) in [6, 6.07) is 17.6. The third-order valence-electron chi connectivity index (χ3n) is 6.13. The van der Waals surface area contributed by atoms with Crippen LogP contribution in [0.1, 0.15) is 43.0 Å². The molecule has 2 aromatic carbocycles. The Morgan fingerprint density at radius 2 is 1.46 bits per heavy atom. The fourth-order valence-corrected chi connectivity index (χ4v) is 4.31. The zero-order chi connectivity index (χ0) is 19.5. The molecule has 0 aromatic heterocycles. The molecule has 4 nitrogen and oxygen atoms in total. The lowest BCUT2D eigenvalue weighted by molar-refractivity contribution is -0.136. The largest absolute Gasteiger partial charge is 0.341 e. The highest BCUT2D eigenvalue weighted by Gasteiger charge is 2.37. The summed E-state index contributed by atoms with van der Waals surface area (Å²) in [5.74, 6) is 0.799. The lowest BCUT2D eigenvalue weighted by atomic mass is 9.98. The highest BCUT2D eigenvalue weighted by atomic mass is 16.2. The van der Waals surface area contributed by atoms with Crippen LogP contribution in [0.15, 0.2) is 54.6 Å². The molecule has 2 fully saturated rings. The Hall–Kier alpha value is -2.62. The molecule has 0 bridgehead atoms. The van der Waals surface area contributed by atoms with Crippen LogP contribution in [0.2, 0.25) is 0 Å². The molecule has 0 N–H and O–H groups in total. The van der Waals surface area contributed by atoms with Crippen molar-refractivity contribution < 1.29 is 9.59 Å². The second-order valence-corrected chi connectivity index (χ2v) is 8.11. The van der Waals surface area contributed by atoms with Crippen molar-refractivity contribution in [3.05, 3.63) is 60.2 Å². The van der Waals surface area contributed by atoms with Gasteiger partial charge in [0.1, 0.15) is 6.04 Å². The topological polar surface area (TPSA) is 40.6 Å². The number of rotatable bonds is 3. The average molecular weight is 377 g/mol. The van der Waals surface area contributed by atoms with E-state index < -0.39 is 0 Å². The van der Waals surface area contributed by atoms with Crippen molar-refractivity contribution in [2.75, 3.05) is 19.6 Å². The van der Waals surface area contributed by atoms with Crippen molar-refractivity contribution in [2.24, 2.45) is 5.92 Å². The first kappa shape index (κ1) is 18.7. The van der Waals surface area contributed by atoms with Crippen LogP contribution in [-0.2, 0) is 4.79 Å². The van der Waals surface area contributed by atoms with Crippen LogP contribution in [0.5, 0.6) is 0 Å². The Kier molecular flexibility index (Phi) is 5.47. The lowest BCUT2D eigenvalue weighted by Gasteiger charge is -2.34. The number of carbonyl (C=O) groups is 2. The fourth-order valence-electron chi connectivity index (χ4n) is 4.31. The van der Waals surface area contributed by atoms with Gasteiger partial charge in [-0.25, -0.2) is 0 Å². The van der Waals surface area contributed by atoms with Gasteiger partial charge in [-0.05, 0) is 54.9 Å². The Labute approximate surface area is 167 Å². The predicted octanol–water partition coefficient (Wildman–Crippen LogP) is 4.22. The number of carbonyl (C=O) groups excluding carboxylic acids is 2. The number of piperidine rings is 1. The van der Waals surface area contributed by atoms with Crippen molar-refractivity contribution >= 4 is 11.8 Å². The minimum absolute atomic E-state index is 0.0270. The maximum atomic E-state index is 13.1. The number of hydrogen-bond acceptors (Lipinski definition) is 2. The van der Waals surface area contributed by atoms with Crippen molar-refractivity contribution in [1.82, 2.24) is 9.80 Å². The van der Waals surface area contributed by atoms with E-state index in [4.69, 9.17) is 0 Å². The zero-order valence-corrected chi connectivity index (χ0v) is 16.5. The molecule has 0 radical (unpaired) electrons. The van der Waals surface area contributed by atoms with Crippen molar-refractivity contribution in [1.29, 1.82) is 0 Å². The van der Waals surface area contributed by atoms with Crippen LogP contribution in [0.4, 0.5) is 0 Å². The fraction of sp³-hybridized carbons (Fsp3) is 0.417. The molecule has 2 aliphatic rings. The molecule has 4 rings (SSSR count). The number of benzene rings is 2. The first-order valence-electron chi connectivity index (χ1n) is 10.4. The standard InChI is InChI=1S/C24H28N2O2/c1-18-13-16-25(17-14-18)24(28)22-8-5-15-26(22)23(27)21-11-9-20(10-12-21)19-6-3-2-4-7-19/h2-4,6-7,9-12,18,22H,5,8,13-17H2,1H3/t22-/m0/s1. The van der Waals surface area contributed by atoms with Gasteiger partial charge < -0.3 is 9.80 Å². The lowest BCUT2D eigenvalue weighted by Crippen LogP contribution is -2.49. The van der Waals surface area contributed by atoms with Crippen molar-refractivity contribution in [3.63, 3.8) is 0 Å². The van der Waals surface area contributed by atoms with Gasteiger partial charge in [-0.2, -0.15) is 0 Å². The highest BCUT2D eigenvalue weighted by Crippen LogP contribution is 2.26. The summed E-state index contributed by atoms with van der Waals surface area (Å²) in [6.07, 6.45) is 3.80. The van der Waals surface area contributed by atoms with E-state index in [-0.39, 0.29) is 17.9 Å². The summed E-state index contributed by atoms with van der Waals surface area (Å²) in [7, 11) is 0. The molecule has 146 valence electrons. The van der Waals surface area contributed by atoms with Crippen LogP contribution >= 0.6 is 0 Å². The molecular formula is C24H28N2O2. The summed E-state index contributed by atoms with van der Waals surface area (Å²) in [5, 5.41) is 0. The SMILES string of the molecule is CC1CCN(C(=O)[C@@H]2CCCN2C(=O)c2ccc(-c3ccccc3)cc2)CC1. The van der Waals surface area contributed by atoms with Gasteiger partial charge in [0.05, 0.1) is 0 Å². The maximum Gasteiger partial charge on any atom is 0.254 e. The highest BCUT2D eigenvalue weighted by molar-refractivity contribution is 5.98. The Morgan fingerprint density at radius 3 is 2.14 bits per heavy atom. The van der Waals surface area contributed by atoms with E-state index >= 15 is 0 Å². The Balaban J connectivity index is 1.47. The predicted molar refractivity (Wildman–Crippen MR) is 111 cm³/mol. The average Bonchev–Trinajstić information content (AvgIpc) is 3.24. The molecule has 2 amide bonds. The monoisotopic (exact) mass is 376 g/mol. The molecule has 0 unspecified atom stereocenters. The number of likely N-dealkylation sites (tertiary alicyclic amines) is 2. The smallest absolute Gasteiger partial charge is 0.254 e. The molecule has 2 heterocycles. The normalized spacial score (nSPS) is 20.4. The van der Waals surface area contributed by atoms with Gasteiger partial charge in [0.25, 0.3) is 5.91 Å². The van der Waals surface area contributed by atoms with E-state index in [0.717, 1.165) is 49.9 Å². The van der Waals surface area contributed by atoms with E-state index in [9.17, 15) is 9.59 Å². The van der Waals surface area contributed by atoms with Crippen LogP contribution in [-0.4, -0.2) is 47.3 Å². The van der Waals surface area contributed by atoms with Gasteiger partial charge in [-0.15, -0.1) is 0 Å². The minimum Gasteiger partial charge on any atom is -0.341 e. The van der Waals surface area contributed by atoms with E-state index in [1.54, 1.807) is 4.90 Å². The molecule has 2 aromatic rings. The summed E-state index contributed by atoms with van der Waals surface area (Å²) in [5.41, 5.74) is 2.88. The van der Waals surface area contributed by atoms with Gasteiger partial charge in [-0.1, -0.05) is 49.4 Å². The molecule has 28 heavy (non-hydrogen) atoms. The third kappa shape index (κ3) is 3.82. The van der Waals surface area contributed by atoms with Gasteiger partial charge in [-0.3, -0.25) is 9.59 Å². The second kappa shape index (κ2) is 8.17. The summed E-state index contributed by atoms with van der Waals surface area (Å²) in [4.78, 5) is 29.9. The van der Waals surface area contributed by atoms with Crippen LogP contribution in [0, 0.1) is 5.92 Å². The maximum absolute atomic E-state index is 13.1. The van der Waals surface area contributed by atoms with E-state index in [0.29, 0.717) is 18.0 Å². The number of hydrogen-bond donors (Lipinski definition) is 0. The quantitative estimate of drug-likeness (QED) is 0.805. The molecule has 0 aliphatic carbocycles. The van der Waals surface area contributed by atoms with Gasteiger partial charge in [0, 0.05) is 25.2 Å². The second-order valence-electron chi connectivity index (χ2n) is 8.11. The van der Waals surface area contributed by atoms with E-state index in [2.05, 4.69) is 19.1 Å². The summed E-state index contributed by atoms with van der Waals surface area (Å²) >= 11 is 0. The molecule has 2 saturated heterocycles. The van der Waals surface area contributed by atoms with Gasteiger partial charge in [0.2, 0.25) is 5.91 Å². The third-order valence-corrected chi connectivity index (χ3v) is 6.13. The summed E-state index contributed by atoms with van der Waals surface area (Å²) < 4.78 is 0. The van der Waals surface area contributed by atoms with Gasteiger partial charge >= 0.3 is 0 Å². The molecule has 1 atom stereocenters. The van der Waals surface area contributed by atoms with Crippen LogP contribution < -0.4 is 0 Å². The minimum atomic E-state index is -0.297. The van der Waals surface area contributed by atoms with E-state index in [1.165, 1.54) is 0 Å². The molecular weight excluding hydrogens is 348 g/mol. The molecule has 0 saturated carbocycles. The van der Waals surface area contributed by atoms with Crippen LogP contribution in [0.25, 0.3) is 11.1 Å². The first-order chi connectivity index (χ1) is 13.6.